The molecule has 1 aliphatic rings. The second-order valence-corrected chi connectivity index (χ2v) is 8.97. The van der Waals surface area contributed by atoms with Crippen molar-refractivity contribution < 1.29 is 4.74 Å². The predicted octanol–water partition coefficient (Wildman–Crippen LogP) is 6.25. The average molecular weight is 458 g/mol. The van der Waals surface area contributed by atoms with Gasteiger partial charge in [-0.15, -0.1) is 5.10 Å². The number of benzene rings is 2. The van der Waals surface area contributed by atoms with E-state index in [0.29, 0.717) is 12.5 Å². The quantitative estimate of drug-likeness (QED) is 0.310. The van der Waals surface area contributed by atoms with Crippen molar-refractivity contribution in [2.75, 3.05) is 12.4 Å². The SMILES string of the molecule is Brc1cccc(OCCSc2nc(C3CCCCC3)n(-c3ccccc3)n2)c1. The number of ether oxygens (including phenoxy) is 1. The smallest absolute Gasteiger partial charge is 0.209 e. The maximum absolute atomic E-state index is 5.83. The van der Waals surface area contributed by atoms with Gasteiger partial charge in [0.1, 0.15) is 11.6 Å². The third-order valence-electron chi connectivity index (χ3n) is 4.96. The van der Waals surface area contributed by atoms with Crippen molar-refractivity contribution in [1.82, 2.24) is 14.8 Å². The van der Waals surface area contributed by atoms with E-state index in [9.17, 15) is 0 Å². The fourth-order valence-electron chi connectivity index (χ4n) is 3.60. The highest BCUT2D eigenvalue weighted by Crippen LogP contribution is 2.33. The topological polar surface area (TPSA) is 39.9 Å². The first-order valence-electron chi connectivity index (χ1n) is 9.83. The molecule has 0 atom stereocenters. The number of hydrogen-bond acceptors (Lipinski definition) is 4. The Kier molecular flexibility index (Phi) is 6.70. The first-order chi connectivity index (χ1) is 13.8. The minimum absolute atomic E-state index is 0.508. The van der Waals surface area contributed by atoms with Crippen molar-refractivity contribution in [1.29, 1.82) is 0 Å². The molecule has 28 heavy (non-hydrogen) atoms. The summed E-state index contributed by atoms with van der Waals surface area (Å²) in [5.74, 6) is 3.31. The number of thioether (sulfide) groups is 1. The molecular formula is C22H24BrN3OS. The van der Waals surface area contributed by atoms with Gasteiger partial charge in [0.2, 0.25) is 5.16 Å². The second-order valence-electron chi connectivity index (χ2n) is 6.99. The van der Waals surface area contributed by atoms with Gasteiger partial charge in [-0.3, -0.25) is 0 Å². The summed E-state index contributed by atoms with van der Waals surface area (Å²) in [5, 5.41) is 5.66. The van der Waals surface area contributed by atoms with Crippen LogP contribution >= 0.6 is 27.7 Å². The molecule has 0 unspecified atom stereocenters. The van der Waals surface area contributed by atoms with E-state index < -0.39 is 0 Å². The Morgan fingerprint density at radius 1 is 1.04 bits per heavy atom. The highest BCUT2D eigenvalue weighted by atomic mass is 79.9. The molecule has 1 aliphatic carbocycles. The highest BCUT2D eigenvalue weighted by Gasteiger charge is 2.23. The van der Waals surface area contributed by atoms with E-state index in [1.165, 1.54) is 32.1 Å². The minimum Gasteiger partial charge on any atom is -0.493 e. The van der Waals surface area contributed by atoms with Crippen molar-refractivity contribution >= 4 is 27.7 Å². The van der Waals surface area contributed by atoms with Crippen LogP contribution in [0.4, 0.5) is 0 Å². The Morgan fingerprint density at radius 3 is 2.64 bits per heavy atom. The van der Waals surface area contributed by atoms with Crippen LogP contribution in [0, 0.1) is 0 Å². The van der Waals surface area contributed by atoms with Gasteiger partial charge < -0.3 is 4.74 Å². The zero-order chi connectivity index (χ0) is 19.2. The summed E-state index contributed by atoms with van der Waals surface area (Å²) in [6.45, 7) is 0.625. The van der Waals surface area contributed by atoms with Gasteiger partial charge in [0, 0.05) is 16.1 Å². The van der Waals surface area contributed by atoms with Crippen molar-refractivity contribution in [3.63, 3.8) is 0 Å². The summed E-state index contributed by atoms with van der Waals surface area (Å²) in [6, 6.07) is 18.3. The van der Waals surface area contributed by atoms with E-state index in [1.807, 2.05) is 35.0 Å². The van der Waals surface area contributed by atoms with Crippen LogP contribution in [0.3, 0.4) is 0 Å². The van der Waals surface area contributed by atoms with E-state index in [-0.39, 0.29) is 0 Å². The summed E-state index contributed by atoms with van der Waals surface area (Å²) < 4.78 is 8.91. The molecule has 1 aromatic heterocycles. The number of rotatable bonds is 7. The molecule has 4 nitrogen and oxygen atoms in total. The van der Waals surface area contributed by atoms with Crippen molar-refractivity contribution in [2.24, 2.45) is 0 Å². The summed E-state index contributed by atoms with van der Waals surface area (Å²) in [4.78, 5) is 4.92. The molecule has 2 aromatic carbocycles. The molecule has 6 heteroatoms. The van der Waals surface area contributed by atoms with Crippen LogP contribution < -0.4 is 4.74 Å². The zero-order valence-electron chi connectivity index (χ0n) is 15.8. The normalized spacial score (nSPS) is 14.9. The van der Waals surface area contributed by atoms with Crippen LogP contribution in [0.5, 0.6) is 5.75 Å². The molecule has 0 bridgehead atoms. The average Bonchev–Trinajstić information content (AvgIpc) is 3.17. The van der Waals surface area contributed by atoms with Gasteiger partial charge in [0.05, 0.1) is 12.3 Å². The number of halogens is 1. The lowest BCUT2D eigenvalue weighted by Crippen LogP contribution is -2.12. The molecule has 1 saturated carbocycles. The van der Waals surface area contributed by atoms with Crippen molar-refractivity contribution in [2.45, 2.75) is 43.2 Å². The Bertz CT molecular complexity index is 894. The Morgan fingerprint density at radius 2 is 1.86 bits per heavy atom. The fraction of sp³-hybridized carbons (Fsp3) is 0.364. The molecule has 0 spiro atoms. The van der Waals surface area contributed by atoms with E-state index in [4.69, 9.17) is 14.8 Å². The lowest BCUT2D eigenvalue weighted by Gasteiger charge is -2.21. The first-order valence-corrected chi connectivity index (χ1v) is 11.6. The maximum atomic E-state index is 5.83. The van der Waals surface area contributed by atoms with Crippen LogP contribution in [0.25, 0.3) is 5.69 Å². The van der Waals surface area contributed by atoms with Crippen molar-refractivity contribution in [3.05, 3.63) is 64.9 Å². The van der Waals surface area contributed by atoms with E-state index in [1.54, 1.807) is 11.8 Å². The van der Waals surface area contributed by atoms with Crippen LogP contribution in [-0.2, 0) is 0 Å². The molecule has 146 valence electrons. The Labute approximate surface area is 178 Å². The van der Waals surface area contributed by atoms with Crippen LogP contribution in [-0.4, -0.2) is 27.1 Å². The van der Waals surface area contributed by atoms with Gasteiger partial charge in [-0.2, -0.15) is 0 Å². The van der Waals surface area contributed by atoms with Crippen LogP contribution in [0.2, 0.25) is 0 Å². The van der Waals surface area contributed by atoms with Crippen molar-refractivity contribution in [3.8, 4) is 11.4 Å². The first kappa shape index (κ1) is 19.5. The van der Waals surface area contributed by atoms with E-state index in [0.717, 1.165) is 32.6 Å². The summed E-state index contributed by atoms with van der Waals surface area (Å²) in [7, 11) is 0. The zero-order valence-corrected chi connectivity index (χ0v) is 18.2. The maximum Gasteiger partial charge on any atom is 0.209 e. The number of hydrogen-bond donors (Lipinski definition) is 0. The molecule has 1 heterocycles. The monoisotopic (exact) mass is 457 g/mol. The molecule has 0 N–H and O–H groups in total. The van der Waals surface area contributed by atoms with Gasteiger partial charge in [-0.25, -0.2) is 9.67 Å². The summed E-state index contributed by atoms with van der Waals surface area (Å²) in [5.41, 5.74) is 1.09. The van der Waals surface area contributed by atoms with E-state index in [2.05, 4.69) is 40.2 Å². The third-order valence-corrected chi connectivity index (χ3v) is 6.26. The molecule has 0 saturated heterocycles. The van der Waals surface area contributed by atoms with Gasteiger partial charge in [0.15, 0.2) is 0 Å². The molecule has 0 radical (unpaired) electrons. The van der Waals surface area contributed by atoms with Crippen LogP contribution in [0.15, 0.2) is 64.2 Å². The third kappa shape index (κ3) is 4.97. The second kappa shape index (κ2) is 9.61. The standard InChI is InChI=1S/C22H24BrN3OS/c23-18-10-7-13-20(16-18)27-14-15-28-22-24-21(17-8-3-1-4-9-17)26(25-22)19-11-5-2-6-12-19/h2,5-7,10-13,16-17H,1,3-4,8-9,14-15H2. The molecule has 3 aromatic rings. The highest BCUT2D eigenvalue weighted by molar-refractivity contribution is 9.10. The number of nitrogens with zero attached hydrogens (tertiary/aromatic N) is 3. The number of para-hydroxylation sites is 1. The minimum atomic E-state index is 0.508. The lowest BCUT2D eigenvalue weighted by molar-refractivity contribution is 0.343. The lowest BCUT2D eigenvalue weighted by atomic mass is 9.88. The van der Waals surface area contributed by atoms with Gasteiger partial charge >= 0.3 is 0 Å². The summed E-state index contributed by atoms with van der Waals surface area (Å²) >= 11 is 5.13. The molecule has 0 amide bonds. The van der Waals surface area contributed by atoms with Crippen LogP contribution in [0.1, 0.15) is 43.8 Å². The molecule has 0 aliphatic heterocycles. The van der Waals surface area contributed by atoms with Gasteiger partial charge in [-0.05, 0) is 43.2 Å². The summed E-state index contributed by atoms with van der Waals surface area (Å²) in [6.07, 6.45) is 6.33. The van der Waals surface area contributed by atoms with Gasteiger partial charge in [0.25, 0.3) is 0 Å². The Hall–Kier alpha value is -1.79. The fourth-order valence-corrected chi connectivity index (χ4v) is 4.62. The van der Waals surface area contributed by atoms with E-state index >= 15 is 0 Å². The molecule has 4 rings (SSSR count). The predicted molar refractivity (Wildman–Crippen MR) is 118 cm³/mol. The largest absolute Gasteiger partial charge is 0.493 e. The molecule has 1 fully saturated rings. The Balaban J connectivity index is 1.44. The number of aromatic nitrogens is 3. The molecular weight excluding hydrogens is 434 g/mol. The van der Waals surface area contributed by atoms with Gasteiger partial charge in [-0.1, -0.05) is 71.2 Å².